The summed E-state index contributed by atoms with van der Waals surface area (Å²) in [6, 6.07) is 10.1. The normalized spacial score (nSPS) is 11.3. The zero-order chi connectivity index (χ0) is 12.9. The van der Waals surface area contributed by atoms with Crippen molar-refractivity contribution in [2.45, 2.75) is 32.2 Å². The van der Waals surface area contributed by atoms with Crippen LogP contribution in [0, 0.1) is 0 Å². The lowest BCUT2D eigenvalue weighted by Crippen LogP contribution is -2.50. The van der Waals surface area contributed by atoms with Crippen molar-refractivity contribution in [1.29, 1.82) is 0 Å². The lowest BCUT2D eigenvalue weighted by Gasteiger charge is -2.34. The van der Waals surface area contributed by atoms with Crippen molar-refractivity contribution in [2.24, 2.45) is 5.73 Å². The van der Waals surface area contributed by atoms with E-state index in [0.29, 0.717) is 13.0 Å². The largest absolute Gasteiger partial charge is 0.339 e. The molecule has 0 aliphatic rings. The van der Waals surface area contributed by atoms with Crippen molar-refractivity contribution < 1.29 is 4.79 Å². The summed E-state index contributed by atoms with van der Waals surface area (Å²) in [4.78, 5) is 13.7. The standard InChI is InChI=1S/C14H22N2O/c1-14(2,11-15)16(3)13(17)10-9-12-7-5-4-6-8-12/h4-8H,9-11,15H2,1-3H3. The molecule has 0 fully saturated rings. The van der Waals surface area contributed by atoms with E-state index in [9.17, 15) is 4.79 Å². The summed E-state index contributed by atoms with van der Waals surface area (Å²) in [6.45, 7) is 4.43. The lowest BCUT2D eigenvalue weighted by molar-refractivity contribution is -0.134. The van der Waals surface area contributed by atoms with Crippen molar-refractivity contribution in [3.05, 3.63) is 35.9 Å². The second-order valence-corrected chi connectivity index (χ2v) is 4.95. The quantitative estimate of drug-likeness (QED) is 0.844. The zero-order valence-electron chi connectivity index (χ0n) is 10.9. The van der Waals surface area contributed by atoms with Gasteiger partial charge in [-0.1, -0.05) is 30.3 Å². The second-order valence-electron chi connectivity index (χ2n) is 4.95. The van der Waals surface area contributed by atoms with E-state index in [4.69, 9.17) is 5.73 Å². The molecule has 2 N–H and O–H groups in total. The van der Waals surface area contributed by atoms with Crippen LogP contribution in [-0.4, -0.2) is 29.9 Å². The Morgan fingerprint density at radius 2 is 1.88 bits per heavy atom. The highest BCUT2D eigenvalue weighted by Gasteiger charge is 2.25. The van der Waals surface area contributed by atoms with Crippen molar-refractivity contribution in [2.75, 3.05) is 13.6 Å². The zero-order valence-corrected chi connectivity index (χ0v) is 10.9. The topological polar surface area (TPSA) is 46.3 Å². The van der Waals surface area contributed by atoms with Crippen LogP contribution in [0.15, 0.2) is 30.3 Å². The Labute approximate surface area is 104 Å². The van der Waals surface area contributed by atoms with Crippen molar-refractivity contribution in [3.63, 3.8) is 0 Å². The molecule has 0 aromatic heterocycles. The Morgan fingerprint density at radius 1 is 1.29 bits per heavy atom. The van der Waals surface area contributed by atoms with Gasteiger partial charge < -0.3 is 10.6 Å². The van der Waals surface area contributed by atoms with Gasteiger partial charge in [0.15, 0.2) is 0 Å². The van der Waals surface area contributed by atoms with Gasteiger partial charge in [-0.15, -0.1) is 0 Å². The number of hydrogen-bond acceptors (Lipinski definition) is 2. The third-order valence-corrected chi connectivity index (χ3v) is 3.25. The Kier molecular flexibility index (Phi) is 4.70. The smallest absolute Gasteiger partial charge is 0.223 e. The summed E-state index contributed by atoms with van der Waals surface area (Å²) < 4.78 is 0. The van der Waals surface area contributed by atoms with Gasteiger partial charge in [-0.2, -0.15) is 0 Å². The highest BCUT2D eigenvalue weighted by Crippen LogP contribution is 2.13. The molecule has 0 aliphatic carbocycles. The molecule has 0 radical (unpaired) electrons. The van der Waals surface area contributed by atoms with E-state index in [1.54, 1.807) is 4.90 Å². The molecular formula is C14H22N2O. The molecule has 0 heterocycles. The number of aryl methyl sites for hydroxylation is 1. The maximum Gasteiger partial charge on any atom is 0.223 e. The molecule has 17 heavy (non-hydrogen) atoms. The van der Waals surface area contributed by atoms with E-state index in [-0.39, 0.29) is 11.4 Å². The van der Waals surface area contributed by atoms with Crippen LogP contribution in [0.4, 0.5) is 0 Å². The maximum absolute atomic E-state index is 12.0. The number of rotatable bonds is 5. The van der Waals surface area contributed by atoms with E-state index in [2.05, 4.69) is 0 Å². The van der Waals surface area contributed by atoms with Crippen LogP contribution in [0.25, 0.3) is 0 Å². The van der Waals surface area contributed by atoms with Crippen molar-refractivity contribution >= 4 is 5.91 Å². The number of amides is 1. The van der Waals surface area contributed by atoms with Gasteiger partial charge in [-0.3, -0.25) is 4.79 Å². The van der Waals surface area contributed by atoms with Crippen molar-refractivity contribution in [1.82, 2.24) is 4.90 Å². The maximum atomic E-state index is 12.0. The van der Waals surface area contributed by atoms with Gasteiger partial charge in [0.1, 0.15) is 0 Å². The first-order chi connectivity index (χ1) is 7.97. The fourth-order valence-corrected chi connectivity index (χ4v) is 1.54. The van der Waals surface area contributed by atoms with E-state index in [1.807, 2.05) is 51.2 Å². The van der Waals surface area contributed by atoms with Crippen molar-refractivity contribution in [3.8, 4) is 0 Å². The van der Waals surface area contributed by atoms with Crippen LogP contribution in [0.5, 0.6) is 0 Å². The van der Waals surface area contributed by atoms with Crippen LogP contribution in [0.1, 0.15) is 25.8 Å². The van der Waals surface area contributed by atoms with Crippen LogP contribution in [0.2, 0.25) is 0 Å². The molecule has 3 heteroatoms. The monoisotopic (exact) mass is 234 g/mol. The van der Waals surface area contributed by atoms with Crippen LogP contribution in [-0.2, 0) is 11.2 Å². The molecule has 0 spiro atoms. The molecule has 0 saturated heterocycles. The Balaban J connectivity index is 2.51. The molecule has 0 unspecified atom stereocenters. The molecule has 0 saturated carbocycles. The van der Waals surface area contributed by atoms with Gasteiger partial charge in [-0.05, 0) is 25.8 Å². The predicted octanol–water partition coefficient (Wildman–Crippen LogP) is 1.81. The second kappa shape index (κ2) is 5.82. The molecule has 94 valence electrons. The first-order valence-electron chi connectivity index (χ1n) is 5.98. The summed E-state index contributed by atoms with van der Waals surface area (Å²) in [5.74, 6) is 0.143. The number of benzene rings is 1. The summed E-state index contributed by atoms with van der Waals surface area (Å²) in [6.07, 6.45) is 1.31. The predicted molar refractivity (Wildman–Crippen MR) is 70.7 cm³/mol. The average Bonchev–Trinajstić information content (AvgIpc) is 2.36. The van der Waals surface area contributed by atoms with E-state index < -0.39 is 0 Å². The number of carbonyl (C=O) groups excluding carboxylic acids is 1. The summed E-state index contributed by atoms with van der Waals surface area (Å²) in [7, 11) is 1.82. The molecule has 0 aliphatic heterocycles. The molecular weight excluding hydrogens is 212 g/mol. The van der Waals surface area contributed by atoms with Gasteiger partial charge in [0, 0.05) is 25.6 Å². The number of likely N-dealkylation sites (N-methyl/N-ethyl adjacent to an activating group) is 1. The minimum atomic E-state index is -0.270. The highest BCUT2D eigenvalue weighted by molar-refractivity contribution is 5.77. The first kappa shape index (κ1) is 13.7. The van der Waals surface area contributed by atoms with Gasteiger partial charge in [0.25, 0.3) is 0 Å². The average molecular weight is 234 g/mol. The molecule has 0 atom stereocenters. The number of hydrogen-bond donors (Lipinski definition) is 1. The van der Waals surface area contributed by atoms with Gasteiger partial charge >= 0.3 is 0 Å². The lowest BCUT2D eigenvalue weighted by atomic mass is 10.0. The number of carbonyl (C=O) groups is 1. The number of nitrogens with zero attached hydrogens (tertiary/aromatic N) is 1. The first-order valence-corrected chi connectivity index (χ1v) is 5.98. The third kappa shape index (κ3) is 3.86. The Hall–Kier alpha value is -1.35. The van der Waals surface area contributed by atoms with Crippen LogP contribution < -0.4 is 5.73 Å². The SMILES string of the molecule is CN(C(=O)CCc1ccccc1)C(C)(C)CN. The molecule has 1 amide bonds. The van der Waals surface area contributed by atoms with Crippen LogP contribution >= 0.6 is 0 Å². The molecule has 1 aromatic rings. The van der Waals surface area contributed by atoms with E-state index >= 15 is 0 Å². The molecule has 3 nitrogen and oxygen atoms in total. The Bertz CT molecular complexity index is 360. The van der Waals surface area contributed by atoms with E-state index in [0.717, 1.165) is 6.42 Å². The number of nitrogens with two attached hydrogens (primary N) is 1. The molecule has 0 bridgehead atoms. The minimum Gasteiger partial charge on any atom is -0.339 e. The molecule has 1 rings (SSSR count). The van der Waals surface area contributed by atoms with Gasteiger partial charge in [0.05, 0.1) is 0 Å². The van der Waals surface area contributed by atoms with Gasteiger partial charge in [0.2, 0.25) is 5.91 Å². The fraction of sp³-hybridized carbons (Fsp3) is 0.500. The van der Waals surface area contributed by atoms with Crippen LogP contribution in [0.3, 0.4) is 0 Å². The minimum absolute atomic E-state index is 0.143. The fourth-order valence-electron chi connectivity index (χ4n) is 1.54. The van der Waals surface area contributed by atoms with E-state index in [1.165, 1.54) is 5.56 Å². The van der Waals surface area contributed by atoms with Gasteiger partial charge in [-0.25, -0.2) is 0 Å². The summed E-state index contributed by atoms with van der Waals surface area (Å²) in [5, 5.41) is 0. The molecule has 1 aromatic carbocycles. The Morgan fingerprint density at radius 3 is 2.41 bits per heavy atom. The highest BCUT2D eigenvalue weighted by atomic mass is 16.2. The summed E-state index contributed by atoms with van der Waals surface area (Å²) in [5.41, 5.74) is 6.58. The summed E-state index contributed by atoms with van der Waals surface area (Å²) >= 11 is 0. The third-order valence-electron chi connectivity index (χ3n) is 3.25.